The van der Waals surface area contributed by atoms with Crippen LogP contribution in [0.5, 0.6) is 5.88 Å². The summed E-state index contributed by atoms with van der Waals surface area (Å²) in [6.07, 6.45) is -11.4. The van der Waals surface area contributed by atoms with Crippen LogP contribution in [0.3, 0.4) is 0 Å². The predicted molar refractivity (Wildman–Crippen MR) is 159 cm³/mol. The number of pyridine rings is 1. The van der Waals surface area contributed by atoms with E-state index in [1.807, 2.05) is 0 Å². The lowest BCUT2D eigenvalue weighted by atomic mass is 9.85. The molecule has 0 radical (unpaired) electrons. The number of imidazole rings is 1. The number of amides is 2. The number of nitrogens with one attached hydrogen (secondary N) is 2. The van der Waals surface area contributed by atoms with Crippen molar-refractivity contribution in [3.8, 4) is 5.88 Å². The van der Waals surface area contributed by atoms with Crippen molar-refractivity contribution in [3.63, 3.8) is 0 Å². The van der Waals surface area contributed by atoms with Crippen molar-refractivity contribution in [2.75, 3.05) is 13.2 Å². The summed E-state index contributed by atoms with van der Waals surface area (Å²) in [6.45, 7) is 0.895. The van der Waals surface area contributed by atoms with Crippen LogP contribution in [0.1, 0.15) is 78.3 Å². The number of ether oxygens (including phenoxy) is 2. The number of aryl methyl sites for hydroxylation is 1. The van der Waals surface area contributed by atoms with Gasteiger partial charge < -0.3 is 24.7 Å². The molecule has 0 spiro atoms. The Morgan fingerprint density at radius 3 is 2.41 bits per heavy atom. The first-order valence-corrected chi connectivity index (χ1v) is 15.7. The highest BCUT2D eigenvalue weighted by molar-refractivity contribution is 5.99. The lowest BCUT2D eigenvalue weighted by Crippen LogP contribution is -2.43. The van der Waals surface area contributed by atoms with E-state index in [2.05, 4.69) is 20.6 Å². The molecule has 1 atom stereocenters. The van der Waals surface area contributed by atoms with E-state index in [4.69, 9.17) is 9.47 Å². The molecule has 2 N–H and O–H groups in total. The first kappa shape index (κ1) is 36.3. The molecular weight excluding hydrogens is 670 g/mol. The van der Waals surface area contributed by atoms with Crippen LogP contribution in [-0.4, -0.2) is 63.8 Å². The van der Waals surface area contributed by atoms with Crippen LogP contribution in [0.4, 0.5) is 35.1 Å². The maximum atomic E-state index is 14.1. The van der Waals surface area contributed by atoms with E-state index in [1.54, 1.807) is 6.92 Å². The first-order valence-electron chi connectivity index (χ1n) is 15.7. The highest BCUT2D eigenvalue weighted by Crippen LogP contribution is 2.38. The molecule has 9 nitrogen and oxygen atoms in total. The largest absolute Gasteiger partial charge is 0.471 e. The summed E-state index contributed by atoms with van der Waals surface area (Å²) < 4.78 is 120. The summed E-state index contributed by atoms with van der Waals surface area (Å²) in [5, 5.41) is 5.33. The van der Waals surface area contributed by atoms with Gasteiger partial charge in [-0.25, -0.2) is 13.8 Å². The summed E-state index contributed by atoms with van der Waals surface area (Å²) in [5.41, 5.74) is -1.95. The van der Waals surface area contributed by atoms with Gasteiger partial charge in [0.1, 0.15) is 22.5 Å². The lowest BCUT2D eigenvalue weighted by molar-refractivity contribution is -0.182. The van der Waals surface area contributed by atoms with Crippen molar-refractivity contribution in [1.82, 2.24) is 25.2 Å². The number of hydrogen-bond donors (Lipinski definition) is 2. The molecule has 3 heterocycles. The molecule has 1 aliphatic heterocycles. The van der Waals surface area contributed by atoms with Crippen molar-refractivity contribution in [2.24, 2.45) is 13.0 Å². The van der Waals surface area contributed by atoms with Crippen LogP contribution in [0.2, 0.25) is 0 Å². The average molecular weight is 706 g/mol. The third-order valence-electron chi connectivity index (χ3n) is 8.99. The van der Waals surface area contributed by atoms with Crippen LogP contribution in [0.25, 0.3) is 11.2 Å². The van der Waals surface area contributed by atoms with E-state index in [1.165, 1.54) is 29.8 Å². The minimum absolute atomic E-state index is 0.0308. The van der Waals surface area contributed by atoms with Crippen LogP contribution in [0.15, 0.2) is 24.3 Å². The number of hydrogen-bond acceptors (Lipinski definition) is 6. The fourth-order valence-corrected chi connectivity index (χ4v) is 6.22. The van der Waals surface area contributed by atoms with Crippen molar-refractivity contribution >= 4 is 23.0 Å². The Bertz CT molecular complexity index is 1680. The highest BCUT2D eigenvalue weighted by atomic mass is 19.4. The molecule has 2 amide bonds. The molecule has 1 unspecified atom stereocenters. The summed E-state index contributed by atoms with van der Waals surface area (Å²) in [4.78, 5) is 34.5. The molecule has 1 saturated heterocycles. The fourth-order valence-electron chi connectivity index (χ4n) is 6.22. The highest BCUT2D eigenvalue weighted by Gasteiger charge is 2.42. The minimum Gasteiger partial charge on any atom is -0.471 e. The van der Waals surface area contributed by atoms with Gasteiger partial charge in [-0.15, -0.1) is 0 Å². The second kappa shape index (κ2) is 14.1. The summed E-state index contributed by atoms with van der Waals surface area (Å²) in [6, 6.07) is 4.05. The average Bonchev–Trinajstić information content (AvgIpc) is 3.60. The van der Waals surface area contributed by atoms with Crippen molar-refractivity contribution in [1.29, 1.82) is 0 Å². The Morgan fingerprint density at radius 2 is 1.80 bits per heavy atom. The van der Waals surface area contributed by atoms with Crippen LogP contribution < -0.4 is 15.4 Å². The van der Waals surface area contributed by atoms with Gasteiger partial charge in [-0.2, -0.15) is 31.3 Å². The normalized spacial score (nSPS) is 21.7. The zero-order valence-corrected chi connectivity index (χ0v) is 26.6. The van der Waals surface area contributed by atoms with Gasteiger partial charge in [0.05, 0.1) is 11.5 Å². The zero-order valence-electron chi connectivity index (χ0n) is 26.6. The van der Waals surface area contributed by atoms with Gasteiger partial charge in [0.25, 0.3) is 18.2 Å². The number of halogens is 8. The topological polar surface area (TPSA) is 107 Å². The second-order valence-electron chi connectivity index (χ2n) is 12.6. The monoisotopic (exact) mass is 705 g/mol. The zero-order chi connectivity index (χ0) is 35.7. The van der Waals surface area contributed by atoms with Crippen LogP contribution >= 0.6 is 0 Å². The van der Waals surface area contributed by atoms with Gasteiger partial charge >= 0.3 is 12.4 Å². The first-order chi connectivity index (χ1) is 22.9. The minimum atomic E-state index is -4.73. The molecule has 0 bridgehead atoms. The molecule has 3 aromatic rings. The van der Waals surface area contributed by atoms with Crippen LogP contribution in [-0.2, 0) is 35.7 Å². The second-order valence-corrected chi connectivity index (χ2v) is 12.6. The third-order valence-corrected chi connectivity index (χ3v) is 8.99. The molecule has 1 aliphatic carbocycles. The van der Waals surface area contributed by atoms with E-state index in [-0.39, 0.29) is 72.7 Å². The molecular formula is C32H35F8N5O4. The molecule has 1 saturated carbocycles. The summed E-state index contributed by atoms with van der Waals surface area (Å²) >= 11 is 0. The molecule has 2 fully saturated rings. The Balaban J connectivity index is 1.41. The van der Waals surface area contributed by atoms with Gasteiger partial charge in [-0.3, -0.25) is 9.59 Å². The quantitative estimate of drug-likeness (QED) is 0.242. The molecule has 268 valence electrons. The number of aromatic nitrogens is 3. The third kappa shape index (κ3) is 8.41. The SMILES string of the molecule is Cn1c(Cc2cc(CNC(=O)C3(C)CCCO3)ccc2C(F)(F)F)nc2cc(C(=O)NC3CCC(C(F)(F)F)CC3)c(OCC(F)F)nc21. The Labute approximate surface area is 275 Å². The molecule has 17 heteroatoms. The van der Waals surface area contributed by atoms with Crippen molar-refractivity contribution in [2.45, 2.75) is 88.8 Å². The number of alkyl halides is 8. The predicted octanol–water partition coefficient (Wildman–Crippen LogP) is 6.26. The lowest BCUT2D eigenvalue weighted by Gasteiger charge is -2.30. The van der Waals surface area contributed by atoms with E-state index >= 15 is 0 Å². The Hall–Kier alpha value is -4.02. The van der Waals surface area contributed by atoms with E-state index < -0.39 is 60.3 Å². The summed E-state index contributed by atoms with van der Waals surface area (Å²) in [5.74, 6) is -3.09. The van der Waals surface area contributed by atoms with E-state index in [0.717, 1.165) is 6.07 Å². The van der Waals surface area contributed by atoms with Gasteiger partial charge in [0.2, 0.25) is 5.88 Å². The standard InChI is InChI=1S/C32H35F8N5O4/c1-30(10-3-11-49-30)29(47)41-15-17-4-9-22(32(38,39)40)18(12-17)13-25-43-23-14-21(28(48-16-24(33)34)44-26(23)45(25)2)27(46)42-20-7-5-19(6-8-20)31(35,36)37/h4,9,12,14,19-20,24H,3,5-8,10-11,13,15-16H2,1-2H3,(H,41,47)(H,42,46). The van der Waals surface area contributed by atoms with Crippen LogP contribution in [0, 0.1) is 5.92 Å². The Kier molecular flexibility index (Phi) is 10.4. The number of rotatable bonds is 10. The number of nitrogens with zero attached hydrogens (tertiary/aromatic N) is 3. The van der Waals surface area contributed by atoms with Gasteiger partial charge in [0, 0.05) is 32.7 Å². The fraction of sp³-hybridized carbons (Fsp3) is 0.562. The molecule has 49 heavy (non-hydrogen) atoms. The van der Waals surface area contributed by atoms with Gasteiger partial charge in [-0.05, 0) is 68.7 Å². The molecule has 5 rings (SSSR count). The Morgan fingerprint density at radius 1 is 1.08 bits per heavy atom. The molecule has 1 aromatic carbocycles. The number of benzene rings is 1. The van der Waals surface area contributed by atoms with E-state index in [0.29, 0.717) is 25.0 Å². The smallest absolute Gasteiger partial charge is 0.416 e. The van der Waals surface area contributed by atoms with Crippen molar-refractivity contribution < 1.29 is 54.2 Å². The van der Waals surface area contributed by atoms with Gasteiger partial charge in [0.15, 0.2) is 12.3 Å². The maximum Gasteiger partial charge on any atom is 0.416 e. The van der Waals surface area contributed by atoms with Crippen molar-refractivity contribution in [3.05, 3.63) is 52.3 Å². The molecule has 2 aromatic heterocycles. The number of fused-ring (bicyclic) bond motifs is 1. The molecule has 2 aliphatic rings. The maximum absolute atomic E-state index is 14.1. The summed E-state index contributed by atoms with van der Waals surface area (Å²) in [7, 11) is 1.45. The van der Waals surface area contributed by atoms with E-state index in [9.17, 15) is 44.7 Å². The van der Waals surface area contributed by atoms with Gasteiger partial charge in [-0.1, -0.05) is 12.1 Å². The number of carbonyl (C=O) groups is 2. The number of carbonyl (C=O) groups excluding carboxylic acids is 2.